The van der Waals surface area contributed by atoms with E-state index in [9.17, 15) is 0 Å². The van der Waals surface area contributed by atoms with E-state index in [4.69, 9.17) is 14.7 Å². The fraction of sp³-hybridized carbons (Fsp3) is 0.765. The second kappa shape index (κ2) is 6.01. The van der Waals surface area contributed by atoms with Gasteiger partial charge < -0.3 is 10.1 Å². The zero-order chi connectivity index (χ0) is 14.9. The van der Waals surface area contributed by atoms with Gasteiger partial charge in [0.1, 0.15) is 5.60 Å². The van der Waals surface area contributed by atoms with Crippen molar-refractivity contribution in [3.05, 3.63) is 22.8 Å². The summed E-state index contributed by atoms with van der Waals surface area (Å²) in [7, 11) is 3.84. The van der Waals surface area contributed by atoms with Crippen LogP contribution < -0.4 is 5.32 Å². The molecular formula is C17H27N3O. The first-order chi connectivity index (χ1) is 10.2. The summed E-state index contributed by atoms with van der Waals surface area (Å²) in [4.78, 5) is 9.79. The van der Waals surface area contributed by atoms with Crippen molar-refractivity contribution in [2.75, 3.05) is 20.7 Å². The third-order valence-electron chi connectivity index (χ3n) is 5.28. The average molecular weight is 289 g/mol. The Morgan fingerprint density at radius 1 is 1.29 bits per heavy atom. The molecule has 0 saturated heterocycles. The molecule has 1 fully saturated rings. The average Bonchev–Trinajstić information content (AvgIpc) is 2.98. The van der Waals surface area contributed by atoms with E-state index in [1.165, 1.54) is 36.2 Å². The van der Waals surface area contributed by atoms with Crippen molar-refractivity contribution in [3.63, 3.8) is 0 Å². The molecule has 0 aromatic carbocycles. The molecule has 4 heteroatoms. The van der Waals surface area contributed by atoms with Gasteiger partial charge in [-0.05, 0) is 76.9 Å². The Morgan fingerprint density at radius 3 is 2.71 bits per heavy atom. The molecule has 2 aliphatic carbocycles. The molecule has 1 aromatic rings. The van der Waals surface area contributed by atoms with Crippen molar-refractivity contribution < 1.29 is 4.74 Å². The van der Waals surface area contributed by atoms with E-state index < -0.39 is 0 Å². The molecule has 0 amide bonds. The molecule has 4 nitrogen and oxygen atoms in total. The Morgan fingerprint density at radius 2 is 2.05 bits per heavy atom. The van der Waals surface area contributed by atoms with Gasteiger partial charge in [-0.1, -0.05) is 0 Å². The molecule has 0 bridgehead atoms. The highest BCUT2D eigenvalue weighted by Crippen LogP contribution is 2.41. The Balaban J connectivity index is 1.92. The number of aryl methyl sites for hydroxylation is 2. The van der Waals surface area contributed by atoms with Crippen LogP contribution >= 0.6 is 0 Å². The Hall–Kier alpha value is -1.00. The van der Waals surface area contributed by atoms with Gasteiger partial charge in [0.05, 0.1) is 0 Å². The summed E-state index contributed by atoms with van der Waals surface area (Å²) in [6.07, 6.45) is 7.98. The SMILES string of the molecule is CNCC1CCc2nc(C3(OC)CCCC3)nc(C)c2C1. The summed E-state index contributed by atoms with van der Waals surface area (Å²) in [5.74, 6) is 1.66. The summed E-state index contributed by atoms with van der Waals surface area (Å²) in [6, 6.07) is 0. The highest BCUT2D eigenvalue weighted by atomic mass is 16.5. The number of nitrogens with zero attached hydrogens (tertiary/aromatic N) is 2. The van der Waals surface area contributed by atoms with E-state index >= 15 is 0 Å². The number of hydrogen-bond acceptors (Lipinski definition) is 4. The van der Waals surface area contributed by atoms with E-state index in [1.807, 2.05) is 14.2 Å². The molecule has 1 aromatic heterocycles. The number of hydrogen-bond donors (Lipinski definition) is 1. The summed E-state index contributed by atoms with van der Waals surface area (Å²) in [5, 5.41) is 3.30. The third kappa shape index (κ3) is 2.71. The lowest BCUT2D eigenvalue weighted by atomic mass is 9.85. The van der Waals surface area contributed by atoms with Crippen molar-refractivity contribution >= 4 is 0 Å². The van der Waals surface area contributed by atoms with Crippen LogP contribution in [0.4, 0.5) is 0 Å². The molecular weight excluding hydrogens is 262 g/mol. The van der Waals surface area contributed by atoms with E-state index in [-0.39, 0.29) is 5.60 Å². The molecule has 116 valence electrons. The Labute approximate surface area is 127 Å². The van der Waals surface area contributed by atoms with Gasteiger partial charge in [-0.15, -0.1) is 0 Å². The minimum atomic E-state index is -0.221. The van der Waals surface area contributed by atoms with Crippen LogP contribution in [0.5, 0.6) is 0 Å². The quantitative estimate of drug-likeness (QED) is 0.925. The molecule has 1 N–H and O–H groups in total. The van der Waals surface area contributed by atoms with Crippen LogP contribution in [0.15, 0.2) is 0 Å². The molecule has 1 atom stereocenters. The smallest absolute Gasteiger partial charge is 0.160 e. The van der Waals surface area contributed by atoms with Crippen LogP contribution in [0.1, 0.15) is 54.9 Å². The van der Waals surface area contributed by atoms with E-state index in [2.05, 4.69) is 12.2 Å². The maximum absolute atomic E-state index is 5.86. The third-order valence-corrected chi connectivity index (χ3v) is 5.28. The lowest BCUT2D eigenvalue weighted by Gasteiger charge is -2.30. The van der Waals surface area contributed by atoms with Crippen LogP contribution in [0.25, 0.3) is 0 Å². The molecule has 3 rings (SSSR count). The van der Waals surface area contributed by atoms with Gasteiger partial charge in [0, 0.05) is 18.5 Å². The Kier molecular flexibility index (Phi) is 4.27. The van der Waals surface area contributed by atoms with E-state index in [1.54, 1.807) is 0 Å². The highest BCUT2D eigenvalue weighted by molar-refractivity contribution is 5.29. The van der Waals surface area contributed by atoms with Crippen molar-refractivity contribution in [1.82, 2.24) is 15.3 Å². The number of methoxy groups -OCH3 is 1. The number of fused-ring (bicyclic) bond motifs is 1. The van der Waals surface area contributed by atoms with Crippen LogP contribution in [0.2, 0.25) is 0 Å². The van der Waals surface area contributed by atoms with Gasteiger partial charge in [-0.3, -0.25) is 0 Å². The maximum Gasteiger partial charge on any atom is 0.160 e. The van der Waals surface area contributed by atoms with Crippen molar-refractivity contribution in [2.45, 2.75) is 57.5 Å². The van der Waals surface area contributed by atoms with Gasteiger partial charge in [0.15, 0.2) is 5.82 Å². The molecule has 2 aliphatic rings. The number of rotatable bonds is 4. The molecule has 1 saturated carbocycles. The van der Waals surface area contributed by atoms with Gasteiger partial charge in [-0.2, -0.15) is 0 Å². The molecule has 1 heterocycles. The van der Waals surface area contributed by atoms with Gasteiger partial charge >= 0.3 is 0 Å². The van der Waals surface area contributed by atoms with Crippen LogP contribution in [-0.2, 0) is 23.2 Å². The van der Waals surface area contributed by atoms with Crippen LogP contribution in [0, 0.1) is 12.8 Å². The lowest BCUT2D eigenvalue weighted by molar-refractivity contribution is -0.0167. The lowest BCUT2D eigenvalue weighted by Crippen LogP contribution is -2.31. The number of ether oxygens (including phenoxy) is 1. The second-order valence-electron chi connectivity index (χ2n) is 6.63. The zero-order valence-corrected chi connectivity index (χ0v) is 13.5. The summed E-state index contributed by atoms with van der Waals surface area (Å²) >= 11 is 0. The van der Waals surface area contributed by atoms with E-state index in [0.717, 1.165) is 44.0 Å². The Bertz CT molecular complexity index is 509. The van der Waals surface area contributed by atoms with E-state index in [0.29, 0.717) is 0 Å². The fourth-order valence-electron chi connectivity index (χ4n) is 3.99. The minimum Gasteiger partial charge on any atom is -0.370 e. The summed E-state index contributed by atoms with van der Waals surface area (Å²) in [6.45, 7) is 3.23. The predicted octanol–water partition coefficient (Wildman–Crippen LogP) is 2.53. The molecule has 21 heavy (non-hydrogen) atoms. The molecule has 0 spiro atoms. The van der Waals surface area contributed by atoms with Gasteiger partial charge in [0.25, 0.3) is 0 Å². The molecule has 0 aliphatic heterocycles. The van der Waals surface area contributed by atoms with Crippen LogP contribution in [-0.4, -0.2) is 30.7 Å². The van der Waals surface area contributed by atoms with Gasteiger partial charge in [0.2, 0.25) is 0 Å². The largest absolute Gasteiger partial charge is 0.370 e. The minimum absolute atomic E-state index is 0.221. The van der Waals surface area contributed by atoms with Crippen molar-refractivity contribution in [3.8, 4) is 0 Å². The monoisotopic (exact) mass is 289 g/mol. The van der Waals surface area contributed by atoms with Crippen LogP contribution in [0.3, 0.4) is 0 Å². The van der Waals surface area contributed by atoms with Gasteiger partial charge in [-0.25, -0.2) is 9.97 Å². The summed E-state index contributed by atoms with van der Waals surface area (Å²) < 4.78 is 5.86. The highest BCUT2D eigenvalue weighted by Gasteiger charge is 2.39. The zero-order valence-electron chi connectivity index (χ0n) is 13.5. The van der Waals surface area contributed by atoms with Crippen molar-refractivity contribution in [2.24, 2.45) is 5.92 Å². The predicted molar refractivity (Wildman–Crippen MR) is 83.4 cm³/mol. The maximum atomic E-state index is 5.86. The topological polar surface area (TPSA) is 47.0 Å². The molecule has 1 unspecified atom stereocenters. The second-order valence-corrected chi connectivity index (χ2v) is 6.63. The summed E-state index contributed by atoms with van der Waals surface area (Å²) in [5.41, 5.74) is 3.60. The normalized spacial score (nSPS) is 24.0. The first-order valence-corrected chi connectivity index (χ1v) is 8.25. The van der Waals surface area contributed by atoms with Crippen molar-refractivity contribution in [1.29, 1.82) is 0 Å². The fourth-order valence-corrected chi connectivity index (χ4v) is 3.99. The first kappa shape index (κ1) is 14.9. The number of aromatic nitrogens is 2. The first-order valence-electron chi connectivity index (χ1n) is 8.25. The number of nitrogens with one attached hydrogen (secondary N) is 1. The standard InChI is InChI=1S/C17H27N3O/c1-12-14-10-13(11-18-2)6-7-15(14)20-16(19-12)17(21-3)8-4-5-9-17/h13,18H,4-11H2,1-3H3. The molecule has 0 radical (unpaired) electrons.